The Labute approximate surface area is 113 Å². The van der Waals surface area contributed by atoms with Crippen LogP contribution in [-0.4, -0.2) is 55.9 Å². The molecule has 0 amide bonds. The fourth-order valence-corrected chi connectivity index (χ4v) is 1.94. The largest absolute Gasteiger partial charge is 0.381 e. The van der Waals surface area contributed by atoms with E-state index in [4.69, 9.17) is 4.74 Å². The predicted molar refractivity (Wildman–Crippen MR) is 75.7 cm³/mol. The van der Waals surface area contributed by atoms with Gasteiger partial charge in [0, 0.05) is 40.9 Å². The van der Waals surface area contributed by atoms with Gasteiger partial charge in [0.1, 0.15) is 0 Å². The Morgan fingerprint density at radius 2 is 1.84 bits per heavy atom. The Bertz CT molecular complexity index is 405. The maximum absolute atomic E-state index is 5.35. The first-order chi connectivity index (χ1) is 9.19. The van der Waals surface area contributed by atoms with Gasteiger partial charge in [-0.25, -0.2) is 0 Å². The SMILES string of the molecule is CNc1nc(NCC2CCOCC2)nc(N(C)C)n1. The van der Waals surface area contributed by atoms with Crippen molar-refractivity contribution in [2.75, 3.05) is 56.4 Å². The summed E-state index contributed by atoms with van der Waals surface area (Å²) in [5.74, 6) is 2.47. The van der Waals surface area contributed by atoms with E-state index in [0.717, 1.165) is 32.6 Å². The van der Waals surface area contributed by atoms with Gasteiger partial charge in [0.25, 0.3) is 0 Å². The molecule has 1 aliphatic rings. The van der Waals surface area contributed by atoms with E-state index in [1.165, 1.54) is 0 Å². The lowest BCUT2D eigenvalue weighted by Gasteiger charge is -2.22. The Morgan fingerprint density at radius 3 is 2.47 bits per heavy atom. The number of nitrogens with one attached hydrogen (secondary N) is 2. The lowest BCUT2D eigenvalue weighted by Crippen LogP contribution is -2.24. The summed E-state index contributed by atoms with van der Waals surface area (Å²) in [5.41, 5.74) is 0. The Hall–Kier alpha value is -1.63. The molecule has 0 bridgehead atoms. The van der Waals surface area contributed by atoms with Gasteiger partial charge in [-0.05, 0) is 18.8 Å². The third-order valence-electron chi connectivity index (χ3n) is 3.14. The smallest absolute Gasteiger partial charge is 0.231 e. The van der Waals surface area contributed by atoms with E-state index in [2.05, 4.69) is 25.6 Å². The minimum atomic E-state index is 0.577. The molecule has 0 unspecified atom stereocenters. The van der Waals surface area contributed by atoms with E-state index in [1.54, 1.807) is 7.05 Å². The molecule has 1 fully saturated rings. The summed E-state index contributed by atoms with van der Waals surface area (Å²) >= 11 is 0. The lowest BCUT2D eigenvalue weighted by atomic mass is 10.0. The van der Waals surface area contributed by atoms with Crippen molar-refractivity contribution < 1.29 is 4.74 Å². The predicted octanol–water partition coefficient (Wildman–Crippen LogP) is 0.818. The van der Waals surface area contributed by atoms with Crippen molar-refractivity contribution in [3.05, 3.63) is 0 Å². The van der Waals surface area contributed by atoms with Crippen molar-refractivity contribution >= 4 is 17.8 Å². The van der Waals surface area contributed by atoms with Crippen molar-refractivity contribution in [2.24, 2.45) is 5.92 Å². The molecule has 0 aromatic carbocycles. The molecular weight excluding hydrogens is 244 g/mol. The van der Waals surface area contributed by atoms with E-state index < -0.39 is 0 Å². The normalized spacial score (nSPS) is 16.2. The molecule has 19 heavy (non-hydrogen) atoms. The second-order valence-electron chi connectivity index (χ2n) is 4.86. The van der Waals surface area contributed by atoms with Gasteiger partial charge in [-0.15, -0.1) is 0 Å². The van der Waals surface area contributed by atoms with Gasteiger partial charge in [0.2, 0.25) is 17.8 Å². The Kier molecular flexibility index (Phi) is 4.73. The zero-order chi connectivity index (χ0) is 13.7. The van der Waals surface area contributed by atoms with E-state index in [9.17, 15) is 0 Å². The first-order valence-corrected chi connectivity index (χ1v) is 6.62. The lowest BCUT2D eigenvalue weighted by molar-refractivity contribution is 0.0699. The number of anilines is 3. The van der Waals surface area contributed by atoms with E-state index in [-0.39, 0.29) is 0 Å². The van der Waals surface area contributed by atoms with Gasteiger partial charge in [-0.2, -0.15) is 15.0 Å². The minimum Gasteiger partial charge on any atom is -0.381 e. The van der Waals surface area contributed by atoms with Crippen LogP contribution < -0.4 is 15.5 Å². The highest BCUT2D eigenvalue weighted by Crippen LogP contribution is 2.16. The zero-order valence-electron chi connectivity index (χ0n) is 11.8. The topological polar surface area (TPSA) is 75.2 Å². The second-order valence-corrected chi connectivity index (χ2v) is 4.86. The van der Waals surface area contributed by atoms with Crippen molar-refractivity contribution in [3.63, 3.8) is 0 Å². The van der Waals surface area contributed by atoms with Crippen molar-refractivity contribution in [1.29, 1.82) is 0 Å². The molecule has 7 heteroatoms. The minimum absolute atomic E-state index is 0.577. The van der Waals surface area contributed by atoms with E-state index in [1.807, 2.05) is 19.0 Å². The highest BCUT2D eigenvalue weighted by Gasteiger charge is 2.14. The fraction of sp³-hybridized carbons (Fsp3) is 0.750. The highest BCUT2D eigenvalue weighted by atomic mass is 16.5. The van der Waals surface area contributed by atoms with Crippen molar-refractivity contribution in [1.82, 2.24) is 15.0 Å². The molecule has 7 nitrogen and oxygen atoms in total. The summed E-state index contributed by atoms with van der Waals surface area (Å²) in [4.78, 5) is 14.8. The van der Waals surface area contributed by atoms with Gasteiger partial charge in [-0.3, -0.25) is 0 Å². The quantitative estimate of drug-likeness (QED) is 0.817. The van der Waals surface area contributed by atoms with Crippen LogP contribution in [0.5, 0.6) is 0 Å². The number of hydrogen-bond donors (Lipinski definition) is 2. The average molecular weight is 266 g/mol. The molecular formula is C12H22N6O. The average Bonchev–Trinajstić information content (AvgIpc) is 2.45. The Balaban J connectivity index is 2.00. The molecule has 2 rings (SSSR count). The molecule has 2 N–H and O–H groups in total. The number of hydrogen-bond acceptors (Lipinski definition) is 7. The van der Waals surface area contributed by atoms with Gasteiger partial charge in [-0.1, -0.05) is 0 Å². The molecule has 0 atom stereocenters. The summed E-state index contributed by atoms with van der Waals surface area (Å²) in [5, 5.41) is 6.25. The van der Waals surface area contributed by atoms with Gasteiger partial charge in [0.15, 0.2) is 0 Å². The summed E-state index contributed by atoms with van der Waals surface area (Å²) in [7, 11) is 5.63. The van der Waals surface area contributed by atoms with Gasteiger partial charge in [0.05, 0.1) is 0 Å². The van der Waals surface area contributed by atoms with Crippen LogP contribution >= 0.6 is 0 Å². The molecule has 0 aliphatic carbocycles. The monoisotopic (exact) mass is 266 g/mol. The fourth-order valence-electron chi connectivity index (χ4n) is 1.94. The van der Waals surface area contributed by atoms with Crippen LogP contribution in [0.1, 0.15) is 12.8 Å². The van der Waals surface area contributed by atoms with Gasteiger partial charge >= 0.3 is 0 Å². The number of nitrogens with zero attached hydrogens (tertiary/aromatic N) is 4. The van der Waals surface area contributed by atoms with Crippen LogP contribution in [0, 0.1) is 5.92 Å². The molecule has 0 spiro atoms. The summed E-state index contributed by atoms with van der Waals surface area (Å²) in [6, 6.07) is 0. The molecule has 0 saturated carbocycles. The van der Waals surface area contributed by atoms with Crippen LogP contribution in [0.15, 0.2) is 0 Å². The number of ether oxygens (including phenoxy) is 1. The number of aromatic nitrogens is 3. The summed E-state index contributed by atoms with van der Waals surface area (Å²) < 4.78 is 5.35. The first kappa shape index (κ1) is 13.8. The van der Waals surface area contributed by atoms with Crippen LogP contribution in [0.3, 0.4) is 0 Å². The van der Waals surface area contributed by atoms with Crippen molar-refractivity contribution in [3.8, 4) is 0 Å². The second kappa shape index (κ2) is 6.51. The molecule has 1 aromatic rings. The van der Waals surface area contributed by atoms with Gasteiger partial charge < -0.3 is 20.3 Å². The third-order valence-corrected chi connectivity index (χ3v) is 3.14. The molecule has 1 aliphatic heterocycles. The molecule has 1 aromatic heterocycles. The number of rotatable bonds is 5. The van der Waals surface area contributed by atoms with Crippen molar-refractivity contribution in [2.45, 2.75) is 12.8 Å². The Morgan fingerprint density at radius 1 is 1.16 bits per heavy atom. The standard InChI is InChI=1S/C12H22N6O/c1-13-10-15-11(17-12(16-10)18(2)3)14-8-9-4-6-19-7-5-9/h9H,4-8H2,1-3H3,(H2,13,14,15,16,17). The van der Waals surface area contributed by atoms with E-state index >= 15 is 0 Å². The molecule has 106 valence electrons. The molecule has 2 heterocycles. The summed E-state index contributed by atoms with van der Waals surface area (Å²) in [6.45, 7) is 2.59. The maximum Gasteiger partial charge on any atom is 0.231 e. The van der Waals surface area contributed by atoms with Crippen LogP contribution in [0.25, 0.3) is 0 Å². The molecule has 1 saturated heterocycles. The zero-order valence-corrected chi connectivity index (χ0v) is 11.8. The summed E-state index contributed by atoms with van der Waals surface area (Å²) in [6.07, 6.45) is 2.19. The van der Waals surface area contributed by atoms with E-state index in [0.29, 0.717) is 23.8 Å². The van der Waals surface area contributed by atoms with Crippen LogP contribution in [-0.2, 0) is 4.74 Å². The highest BCUT2D eigenvalue weighted by molar-refractivity contribution is 5.42. The first-order valence-electron chi connectivity index (χ1n) is 6.62. The molecule has 0 radical (unpaired) electrons. The third kappa shape index (κ3) is 3.92. The van der Waals surface area contributed by atoms with Crippen LogP contribution in [0.2, 0.25) is 0 Å². The maximum atomic E-state index is 5.35. The van der Waals surface area contributed by atoms with Crippen LogP contribution in [0.4, 0.5) is 17.8 Å².